The summed E-state index contributed by atoms with van der Waals surface area (Å²) in [7, 11) is -2.42. The second kappa shape index (κ2) is 10.5. The fourth-order valence-electron chi connectivity index (χ4n) is 3.31. The van der Waals surface area contributed by atoms with Crippen LogP contribution in [0, 0.1) is 6.92 Å². The fraction of sp³-hybridized carbons (Fsp3) is 0.240. The quantitative estimate of drug-likeness (QED) is 0.473. The minimum atomic E-state index is -3.82. The van der Waals surface area contributed by atoms with Gasteiger partial charge in [-0.05, 0) is 49.4 Å². The van der Waals surface area contributed by atoms with Crippen LogP contribution in [0.3, 0.4) is 0 Å². The van der Waals surface area contributed by atoms with Crippen molar-refractivity contribution in [3.63, 3.8) is 0 Å². The molecule has 1 N–H and O–H groups in total. The molecule has 0 fully saturated rings. The molecular formula is C25H28N2O5S. The number of methoxy groups -OCH3 is 1. The van der Waals surface area contributed by atoms with E-state index < -0.39 is 15.9 Å². The summed E-state index contributed by atoms with van der Waals surface area (Å²) in [5.74, 6) is 0.828. The third-order valence-corrected chi connectivity index (χ3v) is 7.20. The summed E-state index contributed by atoms with van der Waals surface area (Å²) in [6.45, 7) is 6.12. The lowest BCUT2D eigenvalue weighted by Crippen LogP contribution is -2.31. The van der Waals surface area contributed by atoms with Crippen LogP contribution in [-0.2, 0) is 10.0 Å². The van der Waals surface area contributed by atoms with E-state index in [2.05, 4.69) is 5.32 Å². The van der Waals surface area contributed by atoms with Crippen LogP contribution >= 0.6 is 0 Å². The molecule has 0 unspecified atom stereocenters. The van der Waals surface area contributed by atoms with Gasteiger partial charge in [0, 0.05) is 18.7 Å². The van der Waals surface area contributed by atoms with Gasteiger partial charge in [0.2, 0.25) is 10.0 Å². The zero-order valence-corrected chi connectivity index (χ0v) is 20.0. The van der Waals surface area contributed by atoms with Gasteiger partial charge >= 0.3 is 0 Å². The Morgan fingerprint density at radius 3 is 2.24 bits per heavy atom. The molecule has 0 aliphatic rings. The number of rotatable bonds is 9. The molecule has 0 aliphatic heterocycles. The molecule has 7 nitrogen and oxygen atoms in total. The first-order valence-corrected chi connectivity index (χ1v) is 12.1. The maximum Gasteiger partial charge on any atom is 0.255 e. The van der Waals surface area contributed by atoms with E-state index in [9.17, 15) is 13.2 Å². The Morgan fingerprint density at radius 2 is 1.61 bits per heavy atom. The zero-order chi connectivity index (χ0) is 24.0. The monoisotopic (exact) mass is 468 g/mol. The Kier molecular flexibility index (Phi) is 7.73. The molecule has 33 heavy (non-hydrogen) atoms. The summed E-state index contributed by atoms with van der Waals surface area (Å²) in [5, 5.41) is 2.82. The van der Waals surface area contributed by atoms with E-state index >= 15 is 0 Å². The minimum Gasteiger partial charge on any atom is -0.495 e. The summed E-state index contributed by atoms with van der Waals surface area (Å²) in [6.07, 6.45) is 0. The van der Waals surface area contributed by atoms with E-state index in [-0.39, 0.29) is 16.2 Å². The number of carbonyl (C=O) groups is 1. The number of hydrogen-bond acceptors (Lipinski definition) is 5. The highest BCUT2D eigenvalue weighted by Gasteiger charge is 2.27. The van der Waals surface area contributed by atoms with Crippen molar-refractivity contribution in [1.82, 2.24) is 4.31 Å². The molecule has 0 heterocycles. The van der Waals surface area contributed by atoms with Gasteiger partial charge in [0.05, 0.1) is 12.8 Å². The van der Waals surface area contributed by atoms with Crippen molar-refractivity contribution >= 4 is 21.6 Å². The minimum absolute atomic E-state index is 0.0504. The van der Waals surface area contributed by atoms with Crippen LogP contribution in [0.5, 0.6) is 17.2 Å². The Labute approximate surface area is 195 Å². The van der Waals surface area contributed by atoms with Crippen molar-refractivity contribution in [2.24, 2.45) is 0 Å². The first-order chi connectivity index (χ1) is 15.8. The van der Waals surface area contributed by atoms with Crippen LogP contribution in [-0.4, -0.2) is 38.8 Å². The first-order valence-electron chi connectivity index (χ1n) is 10.6. The van der Waals surface area contributed by atoms with Crippen LogP contribution in [0.25, 0.3) is 0 Å². The zero-order valence-electron chi connectivity index (χ0n) is 19.2. The van der Waals surface area contributed by atoms with Gasteiger partial charge in [-0.1, -0.05) is 43.7 Å². The number of nitrogens with zero attached hydrogens (tertiary/aromatic N) is 1. The Bertz CT molecular complexity index is 1220. The third kappa shape index (κ3) is 5.53. The fourth-order valence-corrected chi connectivity index (χ4v) is 4.95. The molecule has 3 aromatic carbocycles. The van der Waals surface area contributed by atoms with Crippen molar-refractivity contribution in [1.29, 1.82) is 0 Å². The number of carbonyl (C=O) groups excluding carboxylic acids is 1. The highest BCUT2D eigenvalue weighted by atomic mass is 32.2. The van der Waals surface area contributed by atoms with E-state index in [1.807, 2.05) is 31.2 Å². The SMILES string of the molecule is CCN(CC)S(=O)(=O)c1cc(C(=O)Nc2ccccc2Oc2ccc(C)cc2)ccc1OC. The van der Waals surface area contributed by atoms with E-state index in [4.69, 9.17) is 9.47 Å². The van der Waals surface area contributed by atoms with Crippen molar-refractivity contribution in [3.05, 3.63) is 77.9 Å². The molecule has 0 radical (unpaired) electrons. The summed E-state index contributed by atoms with van der Waals surface area (Å²) in [4.78, 5) is 13.0. The van der Waals surface area contributed by atoms with Gasteiger partial charge in [0.15, 0.2) is 5.75 Å². The number of nitrogens with one attached hydrogen (secondary N) is 1. The molecule has 8 heteroatoms. The van der Waals surface area contributed by atoms with Gasteiger partial charge in [-0.2, -0.15) is 4.31 Å². The van der Waals surface area contributed by atoms with Gasteiger partial charge < -0.3 is 14.8 Å². The Hall–Kier alpha value is -3.36. The van der Waals surface area contributed by atoms with Crippen molar-refractivity contribution < 1.29 is 22.7 Å². The van der Waals surface area contributed by atoms with Gasteiger partial charge in [-0.15, -0.1) is 0 Å². The van der Waals surface area contributed by atoms with Crippen molar-refractivity contribution in [3.8, 4) is 17.2 Å². The van der Waals surface area contributed by atoms with Crippen molar-refractivity contribution in [2.45, 2.75) is 25.7 Å². The summed E-state index contributed by atoms with van der Waals surface area (Å²) < 4.78 is 38.7. The maximum absolute atomic E-state index is 13.1. The molecule has 0 aliphatic carbocycles. The van der Waals surface area contributed by atoms with Crippen LogP contribution in [0.1, 0.15) is 29.8 Å². The lowest BCUT2D eigenvalue weighted by Gasteiger charge is -2.20. The van der Waals surface area contributed by atoms with Crippen LogP contribution < -0.4 is 14.8 Å². The number of aryl methyl sites for hydroxylation is 1. The van der Waals surface area contributed by atoms with E-state index in [1.165, 1.54) is 29.6 Å². The number of sulfonamides is 1. The molecule has 0 spiro atoms. The highest BCUT2D eigenvalue weighted by Crippen LogP contribution is 2.31. The lowest BCUT2D eigenvalue weighted by molar-refractivity contribution is 0.102. The number of benzene rings is 3. The number of anilines is 1. The maximum atomic E-state index is 13.1. The van der Waals surface area contributed by atoms with E-state index in [0.29, 0.717) is 30.3 Å². The number of ether oxygens (including phenoxy) is 2. The smallest absolute Gasteiger partial charge is 0.255 e. The standard InChI is InChI=1S/C25H28N2O5S/c1-5-27(6-2)33(29,30)24-17-19(13-16-23(24)31-4)25(28)26-21-9-7-8-10-22(21)32-20-14-11-18(3)12-15-20/h7-17H,5-6H2,1-4H3,(H,26,28). The number of para-hydroxylation sites is 2. The van der Waals surface area contributed by atoms with Crippen LogP contribution in [0.4, 0.5) is 5.69 Å². The average molecular weight is 469 g/mol. The number of hydrogen-bond donors (Lipinski definition) is 1. The lowest BCUT2D eigenvalue weighted by atomic mass is 10.2. The second-order valence-electron chi connectivity index (χ2n) is 7.32. The van der Waals surface area contributed by atoms with Crippen molar-refractivity contribution in [2.75, 3.05) is 25.5 Å². The number of amides is 1. The molecule has 3 rings (SSSR count). The third-order valence-electron chi connectivity index (χ3n) is 5.13. The van der Waals surface area contributed by atoms with Gasteiger partial charge in [-0.3, -0.25) is 4.79 Å². The normalized spacial score (nSPS) is 11.3. The summed E-state index contributed by atoms with van der Waals surface area (Å²) in [5.41, 5.74) is 1.76. The molecule has 3 aromatic rings. The van der Waals surface area contributed by atoms with Gasteiger partial charge in [-0.25, -0.2) is 8.42 Å². The van der Waals surface area contributed by atoms with E-state index in [0.717, 1.165) is 5.56 Å². The molecule has 0 saturated heterocycles. The molecular weight excluding hydrogens is 440 g/mol. The molecule has 174 valence electrons. The molecule has 0 bridgehead atoms. The highest BCUT2D eigenvalue weighted by molar-refractivity contribution is 7.89. The first kappa shape index (κ1) is 24.3. The predicted molar refractivity (Wildman–Crippen MR) is 129 cm³/mol. The molecule has 0 saturated carbocycles. The molecule has 0 aromatic heterocycles. The van der Waals surface area contributed by atoms with Crippen LogP contribution in [0.15, 0.2) is 71.6 Å². The van der Waals surface area contributed by atoms with Crippen LogP contribution in [0.2, 0.25) is 0 Å². The van der Waals surface area contributed by atoms with Gasteiger partial charge in [0.25, 0.3) is 5.91 Å². The summed E-state index contributed by atoms with van der Waals surface area (Å²) >= 11 is 0. The average Bonchev–Trinajstić information content (AvgIpc) is 2.82. The topological polar surface area (TPSA) is 84.9 Å². The van der Waals surface area contributed by atoms with Gasteiger partial charge in [0.1, 0.15) is 16.4 Å². The Balaban J connectivity index is 1.91. The van der Waals surface area contributed by atoms with E-state index in [1.54, 1.807) is 38.1 Å². The molecule has 1 amide bonds. The second-order valence-corrected chi connectivity index (χ2v) is 9.23. The Morgan fingerprint density at radius 1 is 0.939 bits per heavy atom. The largest absolute Gasteiger partial charge is 0.495 e. The summed E-state index contributed by atoms with van der Waals surface area (Å²) in [6, 6.07) is 19.0. The molecule has 0 atom stereocenters. The predicted octanol–water partition coefficient (Wildman–Crippen LogP) is 5.08.